The lowest BCUT2D eigenvalue weighted by molar-refractivity contribution is -0.111. The highest BCUT2D eigenvalue weighted by atomic mass is 32.2. The highest BCUT2D eigenvalue weighted by Crippen LogP contribution is 2.14. The Morgan fingerprint density at radius 1 is 1.24 bits per heavy atom. The second-order valence-electron chi connectivity index (χ2n) is 4.74. The molecule has 0 bridgehead atoms. The van der Waals surface area contributed by atoms with Crippen molar-refractivity contribution in [1.29, 1.82) is 0 Å². The molecule has 1 nitrogen and oxygen atoms in total. The third kappa shape index (κ3) is 7.22. The molecule has 1 aromatic rings. The van der Waals surface area contributed by atoms with Crippen molar-refractivity contribution < 1.29 is 4.79 Å². The molecule has 0 aromatic heterocycles. The van der Waals surface area contributed by atoms with Crippen LogP contribution in [0.1, 0.15) is 38.7 Å². The normalized spacial score (nSPS) is 10.8. The van der Waals surface area contributed by atoms with Crippen molar-refractivity contribution in [2.24, 2.45) is 5.92 Å². The largest absolute Gasteiger partial charge is 0.287 e. The zero-order chi connectivity index (χ0) is 12.5. The molecule has 0 spiro atoms. The first-order valence-electron chi connectivity index (χ1n) is 6.38. The highest BCUT2D eigenvalue weighted by molar-refractivity contribution is 8.13. The molecule has 0 atom stereocenters. The van der Waals surface area contributed by atoms with Gasteiger partial charge < -0.3 is 0 Å². The van der Waals surface area contributed by atoms with Gasteiger partial charge >= 0.3 is 0 Å². The number of aryl methyl sites for hydroxylation is 1. The maximum atomic E-state index is 11.5. The Bertz CT molecular complexity index is 319. The van der Waals surface area contributed by atoms with Crippen molar-refractivity contribution >= 4 is 16.9 Å². The van der Waals surface area contributed by atoms with Gasteiger partial charge in [0.15, 0.2) is 5.12 Å². The van der Waals surface area contributed by atoms with E-state index in [2.05, 4.69) is 38.1 Å². The molecule has 94 valence electrons. The summed E-state index contributed by atoms with van der Waals surface area (Å²) in [4.78, 5) is 11.5. The van der Waals surface area contributed by atoms with Gasteiger partial charge in [-0.25, -0.2) is 0 Å². The topological polar surface area (TPSA) is 17.1 Å². The summed E-state index contributed by atoms with van der Waals surface area (Å²) < 4.78 is 0. The number of carbonyl (C=O) groups is 1. The summed E-state index contributed by atoms with van der Waals surface area (Å²) in [5.41, 5.74) is 1.36. The molecule has 17 heavy (non-hydrogen) atoms. The molecule has 1 aromatic carbocycles. The number of rotatable bonds is 7. The third-order valence-electron chi connectivity index (χ3n) is 2.64. The van der Waals surface area contributed by atoms with Crippen LogP contribution in [0.25, 0.3) is 0 Å². The van der Waals surface area contributed by atoms with Crippen molar-refractivity contribution in [1.82, 2.24) is 0 Å². The number of hydrogen-bond donors (Lipinski definition) is 0. The van der Waals surface area contributed by atoms with E-state index in [1.54, 1.807) is 0 Å². The minimum Gasteiger partial charge on any atom is -0.287 e. The van der Waals surface area contributed by atoms with Gasteiger partial charge in [-0.3, -0.25) is 4.79 Å². The van der Waals surface area contributed by atoms with Gasteiger partial charge in [-0.2, -0.15) is 0 Å². The molecule has 0 saturated heterocycles. The monoisotopic (exact) mass is 250 g/mol. The zero-order valence-electron chi connectivity index (χ0n) is 10.8. The Morgan fingerprint density at radius 3 is 2.59 bits per heavy atom. The Labute approximate surface area is 109 Å². The molecule has 0 N–H and O–H groups in total. The zero-order valence-corrected chi connectivity index (χ0v) is 11.6. The summed E-state index contributed by atoms with van der Waals surface area (Å²) in [6.45, 7) is 4.32. The lowest BCUT2D eigenvalue weighted by Gasteiger charge is -2.04. The van der Waals surface area contributed by atoms with Gasteiger partial charge in [0, 0.05) is 12.2 Å². The molecular weight excluding hydrogens is 228 g/mol. The second kappa shape index (κ2) is 8.35. The molecule has 0 aliphatic rings. The van der Waals surface area contributed by atoms with Crippen LogP contribution < -0.4 is 0 Å². The van der Waals surface area contributed by atoms with Gasteiger partial charge in [-0.05, 0) is 30.7 Å². The molecular formula is C15H22OS. The fourth-order valence-corrected chi connectivity index (χ4v) is 2.36. The van der Waals surface area contributed by atoms with E-state index in [0.29, 0.717) is 11.0 Å². The fourth-order valence-electron chi connectivity index (χ4n) is 1.59. The van der Waals surface area contributed by atoms with E-state index in [0.717, 1.165) is 31.4 Å². The summed E-state index contributed by atoms with van der Waals surface area (Å²) in [5.74, 6) is 1.58. The van der Waals surface area contributed by atoms with Crippen LogP contribution in [0.2, 0.25) is 0 Å². The van der Waals surface area contributed by atoms with Crippen molar-refractivity contribution in [2.75, 3.05) is 5.75 Å². The Balaban J connectivity index is 2.06. The van der Waals surface area contributed by atoms with Crippen LogP contribution in [0.3, 0.4) is 0 Å². The highest BCUT2D eigenvalue weighted by Gasteiger charge is 2.04. The van der Waals surface area contributed by atoms with Gasteiger partial charge in [0.1, 0.15) is 0 Å². The Hall–Kier alpha value is -0.760. The maximum absolute atomic E-state index is 11.5. The molecule has 0 aliphatic carbocycles. The smallest absolute Gasteiger partial charge is 0.188 e. The number of benzene rings is 1. The van der Waals surface area contributed by atoms with Crippen molar-refractivity contribution in [3.63, 3.8) is 0 Å². The molecule has 2 heteroatoms. The maximum Gasteiger partial charge on any atom is 0.188 e. The van der Waals surface area contributed by atoms with Gasteiger partial charge in [0.2, 0.25) is 0 Å². The first-order chi connectivity index (χ1) is 8.18. The SMILES string of the molecule is CC(C)CCC(=O)SCCCc1ccccc1. The predicted octanol–water partition coefficient (Wildman–Crippen LogP) is 4.32. The van der Waals surface area contributed by atoms with Crippen LogP contribution in [-0.2, 0) is 11.2 Å². The van der Waals surface area contributed by atoms with E-state index in [1.165, 1.54) is 17.3 Å². The van der Waals surface area contributed by atoms with Crippen molar-refractivity contribution in [3.8, 4) is 0 Å². The lowest BCUT2D eigenvalue weighted by atomic mass is 10.1. The van der Waals surface area contributed by atoms with Crippen LogP contribution in [0.5, 0.6) is 0 Å². The Kier molecular flexibility index (Phi) is 7.02. The first-order valence-corrected chi connectivity index (χ1v) is 7.36. The molecule has 0 fully saturated rings. The molecule has 0 radical (unpaired) electrons. The van der Waals surface area contributed by atoms with Crippen molar-refractivity contribution in [3.05, 3.63) is 35.9 Å². The Morgan fingerprint density at radius 2 is 1.94 bits per heavy atom. The van der Waals surface area contributed by atoms with Gasteiger partial charge in [-0.1, -0.05) is 55.9 Å². The molecule has 0 saturated carbocycles. The molecule has 0 unspecified atom stereocenters. The average molecular weight is 250 g/mol. The lowest BCUT2D eigenvalue weighted by Crippen LogP contribution is -1.97. The third-order valence-corrected chi connectivity index (χ3v) is 3.66. The minimum atomic E-state index is 0.353. The molecule has 0 aliphatic heterocycles. The first kappa shape index (κ1) is 14.3. The predicted molar refractivity (Wildman–Crippen MR) is 76.3 cm³/mol. The molecule has 0 heterocycles. The number of hydrogen-bond acceptors (Lipinski definition) is 2. The summed E-state index contributed by atoms with van der Waals surface area (Å²) >= 11 is 1.50. The standard InChI is InChI=1S/C15H22OS/c1-13(2)10-11-15(16)17-12-6-9-14-7-4-3-5-8-14/h3-5,7-8,13H,6,9-12H2,1-2H3. The second-order valence-corrected chi connectivity index (χ2v) is 5.89. The van der Waals surface area contributed by atoms with Crippen LogP contribution in [0.15, 0.2) is 30.3 Å². The quantitative estimate of drug-likeness (QED) is 0.671. The van der Waals surface area contributed by atoms with Gasteiger partial charge in [0.25, 0.3) is 0 Å². The summed E-state index contributed by atoms with van der Waals surface area (Å²) in [7, 11) is 0. The molecule has 1 rings (SSSR count). The van der Waals surface area contributed by atoms with E-state index in [-0.39, 0.29) is 0 Å². The van der Waals surface area contributed by atoms with Crippen molar-refractivity contribution in [2.45, 2.75) is 39.5 Å². The van der Waals surface area contributed by atoms with Gasteiger partial charge in [0.05, 0.1) is 0 Å². The summed E-state index contributed by atoms with van der Waals surface area (Å²) in [6.07, 6.45) is 3.91. The van der Waals surface area contributed by atoms with E-state index in [4.69, 9.17) is 0 Å². The van der Waals surface area contributed by atoms with E-state index >= 15 is 0 Å². The number of carbonyl (C=O) groups excluding carboxylic acids is 1. The van der Waals surface area contributed by atoms with E-state index in [1.807, 2.05) is 6.07 Å². The average Bonchev–Trinajstić information content (AvgIpc) is 2.33. The van der Waals surface area contributed by atoms with Crippen LogP contribution in [0.4, 0.5) is 0 Å². The molecule has 0 amide bonds. The summed E-state index contributed by atoms with van der Waals surface area (Å²) in [5, 5.41) is 0.353. The van der Waals surface area contributed by atoms with E-state index in [9.17, 15) is 4.79 Å². The summed E-state index contributed by atoms with van der Waals surface area (Å²) in [6, 6.07) is 10.5. The van der Waals surface area contributed by atoms with Crippen LogP contribution in [-0.4, -0.2) is 10.9 Å². The van der Waals surface area contributed by atoms with Crippen LogP contribution >= 0.6 is 11.8 Å². The minimum absolute atomic E-state index is 0.353. The number of thioether (sulfide) groups is 1. The van der Waals surface area contributed by atoms with Gasteiger partial charge in [-0.15, -0.1) is 0 Å². The fraction of sp³-hybridized carbons (Fsp3) is 0.533. The van der Waals surface area contributed by atoms with E-state index < -0.39 is 0 Å². The van der Waals surface area contributed by atoms with Crippen LogP contribution in [0, 0.1) is 5.92 Å².